The average molecular weight is 269 g/mol. The molecule has 0 aromatic heterocycles. The molecule has 0 fully saturated rings. The molecule has 2 nitrogen and oxygen atoms in total. The fourth-order valence-electron chi connectivity index (χ4n) is 1.65. The molecule has 0 radical (unpaired) electrons. The van der Waals surface area contributed by atoms with Crippen LogP contribution in [-0.2, 0) is 9.84 Å². The molecule has 2 aromatic rings. The molecule has 0 aliphatic rings. The topological polar surface area (TPSA) is 34.1 Å². The Kier molecular flexibility index (Phi) is 4.32. The van der Waals surface area contributed by atoms with Gasteiger partial charge in [0.15, 0.2) is 9.84 Å². The molecule has 2 aromatic carbocycles. The first-order chi connectivity index (χ1) is 7.59. The highest BCUT2D eigenvalue weighted by molar-refractivity contribution is 7.90. The van der Waals surface area contributed by atoms with Crippen LogP contribution in [0.15, 0.2) is 59.5 Å². The molecule has 0 bridgehead atoms. The van der Waals surface area contributed by atoms with E-state index in [0.717, 1.165) is 11.1 Å². The van der Waals surface area contributed by atoms with E-state index in [1.165, 1.54) is 6.26 Å². The van der Waals surface area contributed by atoms with Crippen molar-refractivity contribution in [3.05, 3.63) is 54.6 Å². The fraction of sp³-hybridized carbons (Fsp3) is 0.0769. The molecule has 17 heavy (non-hydrogen) atoms. The predicted molar refractivity (Wildman–Crippen MR) is 72.2 cm³/mol. The van der Waals surface area contributed by atoms with Gasteiger partial charge in [-0.1, -0.05) is 48.5 Å². The maximum atomic E-state index is 11.6. The van der Waals surface area contributed by atoms with Crippen molar-refractivity contribution in [2.45, 2.75) is 4.90 Å². The summed E-state index contributed by atoms with van der Waals surface area (Å²) in [6.07, 6.45) is 1.23. The number of halogens is 1. The van der Waals surface area contributed by atoms with Crippen molar-refractivity contribution >= 4 is 22.2 Å². The molecule has 0 spiro atoms. The molecular weight excluding hydrogens is 256 g/mol. The van der Waals surface area contributed by atoms with Crippen molar-refractivity contribution in [1.82, 2.24) is 0 Å². The van der Waals surface area contributed by atoms with Gasteiger partial charge >= 0.3 is 0 Å². The highest BCUT2D eigenvalue weighted by Gasteiger charge is 2.12. The lowest BCUT2D eigenvalue weighted by atomic mass is 10.1. The maximum Gasteiger partial charge on any atom is 0.176 e. The second-order valence-electron chi connectivity index (χ2n) is 3.63. The van der Waals surface area contributed by atoms with Crippen molar-refractivity contribution in [3.8, 4) is 11.1 Å². The summed E-state index contributed by atoms with van der Waals surface area (Å²) in [7, 11) is -3.18. The van der Waals surface area contributed by atoms with E-state index >= 15 is 0 Å². The third-order valence-electron chi connectivity index (χ3n) is 2.37. The Balaban J connectivity index is 0.00000144. The Hall–Kier alpha value is -1.32. The van der Waals surface area contributed by atoms with Crippen LogP contribution in [0.5, 0.6) is 0 Å². The van der Waals surface area contributed by atoms with Crippen LogP contribution in [0.3, 0.4) is 0 Å². The summed E-state index contributed by atoms with van der Waals surface area (Å²) in [6, 6.07) is 16.6. The van der Waals surface area contributed by atoms with E-state index in [4.69, 9.17) is 0 Å². The second-order valence-corrected chi connectivity index (χ2v) is 5.62. The standard InChI is InChI=1S/C13H12O2S.ClH/c1-16(14,15)13-10-6-5-9-12(13)11-7-3-2-4-8-11;/h2-10H,1H3;1H. The van der Waals surface area contributed by atoms with E-state index in [0.29, 0.717) is 4.90 Å². The smallest absolute Gasteiger partial charge is 0.176 e. The maximum absolute atomic E-state index is 11.6. The Morgan fingerprint density at radius 3 is 1.94 bits per heavy atom. The summed E-state index contributed by atoms with van der Waals surface area (Å²) in [4.78, 5) is 0.376. The fourth-order valence-corrected chi connectivity index (χ4v) is 2.56. The van der Waals surface area contributed by atoms with Crippen molar-refractivity contribution in [2.75, 3.05) is 6.26 Å². The first-order valence-electron chi connectivity index (χ1n) is 4.93. The Labute approximate surface area is 108 Å². The number of benzene rings is 2. The van der Waals surface area contributed by atoms with E-state index in [1.807, 2.05) is 42.5 Å². The number of hydrogen-bond donors (Lipinski definition) is 0. The van der Waals surface area contributed by atoms with E-state index < -0.39 is 9.84 Å². The van der Waals surface area contributed by atoms with Gasteiger partial charge in [0.05, 0.1) is 4.90 Å². The van der Waals surface area contributed by atoms with Gasteiger partial charge < -0.3 is 0 Å². The molecule has 0 heterocycles. The molecule has 0 atom stereocenters. The lowest BCUT2D eigenvalue weighted by molar-refractivity contribution is 0.602. The van der Waals surface area contributed by atoms with Gasteiger partial charge in [0.2, 0.25) is 0 Å². The molecular formula is C13H13ClO2S. The van der Waals surface area contributed by atoms with Crippen LogP contribution in [0.4, 0.5) is 0 Å². The van der Waals surface area contributed by atoms with Gasteiger partial charge in [0, 0.05) is 11.8 Å². The third-order valence-corrected chi connectivity index (χ3v) is 3.53. The molecule has 0 aliphatic carbocycles. The van der Waals surface area contributed by atoms with Crippen molar-refractivity contribution in [3.63, 3.8) is 0 Å². The van der Waals surface area contributed by atoms with E-state index in [1.54, 1.807) is 12.1 Å². The molecule has 0 saturated heterocycles. The van der Waals surface area contributed by atoms with Crippen LogP contribution < -0.4 is 0 Å². The van der Waals surface area contributed by atoms with Crippen LogP contribution in [0, 0.1) is 0 Å². The largest absolute Gasteiger partial charge is 0.224 e. The highest BCUT2D eigenvalue weighted by Crippen LogP contribution is 2.26. The van der Waals surface area contributed by atoms with Gasteiger partial charge in [-0.15, -0.1) is 12.4 Å². The Morgan fingerprint density at radius 1 is 0.824 bits per heavy atom. The molecule has 0 N–H and O–H groups in total. The number of hydrogen-bond acceptors (Lipinski definition) is 2. The van der Waals surface area contributed by atoms with Crippen molar-refractivity contribution in [2.24, 2.45) is 0 Å². The highest BCUT2D eigenvalue weighted by atomic mass is 35.5. The van der Waals surface area contributed by atoms with Gasteiger partial charge in [-0.25, -0.2) is 8.42 Å². The number of rotatable bonds is 2. The normalized spacial score (nSPS) is 10.6. The summed E-state index contributed by atoms with van der Waals surface area (Å²) in [5, 5.41) is 0. The van der Waals surface area contributed by atoms with Gasteiger partial charge in [-0.05, 0) is 11.6 Å². The monoisotopic (exact) mass is 268 g/mol. The zero-order valence-corrected chi connectivity index (χ0v) is 11.0. The molecule has 0 amide bonds. The summed E-state index contributed by atoms with van der Waals surface area (Å²) in [5.74, 6) is 0. The quantitative estimate of drug-likeness (QED) is 0.838. The zero-order valence-electron chi connectivity index (χ0n) is 9.33. The van der Waals surface area contributed by atoms with E-state index in [9.17, 15) is 8.42 Å². The van der Waals surface area contributed by atoms with Crippen molar-refractivity contribution < 1.29 is 8.42 Å². The lowest BCUT2D eigenvalue weighted by Gasteiger charge is -2.07. The van der Waals surface area contributed by atoms with Gasteiger partial charge in [-0.2, -0.15) is 0 Å². The first-order valence-corrected chi connectivity index (χ1v) is 6.83. The molecule has 0 aliphatic heterocycles. The number of sulfone groups is 1. The lowest BCUT2D eigenvalue weighted by Crippen LogP contribution is -1.99. The minimum Gasteiger partial charge on any atom is -0.224 e. The van der Waals surface area contributed by atoms with Gasteiger partial charge in [-0.3, -0.25) is 0 Å². The predicted octanol–water partition coefficient (Wildman–Crippen LogP) is 3.18. The van der Waals surface area contributed by atoms with E-state index in [2.05, 4.69) is 0 Å². The minimum atomic E-state index is -3.18. The van der Waals surface area contributed by atoms with Crippen molar-refractivity contribution in [1.29, 1.82) is 0 Å². The molecule has 0 saturated carbocycles. The molecule has 4 heteroatoms. The summed E-state index contributed by atoms with van der Waals surface area (Å²) in [5.41, 5.74) is 1.68. The van der Waals surface area contributed by atoms with Crippen LogP contribution in [0.25, 0.3) is 11.1 Å². The van der Waals surface area contributed by atoms with Crippen LogP contribution in [0.2, 0.25) is 0 Å². The summed E-state index contributed by atoms with van der Waals surface area (Å²) in [6.45, 7) is 0. The Morgan fingerprint density at radius 2 is 1.35 bits per heavy atom. The average Bonchev–Trinajstić information content (AvgIpc) is 2.29. The SMILES string of the molecule is CS(=O)(=O)c1ccccc1-c1ccccc1.Cl. The molecule has 0 unspecified atom stereocenters. The zero-order chi connectivity index (χ0) is 11.6. The third kappa shape index (κ3) is 3.08. The first kappa shape index (κ1) is 13.7. The second kappa shape index (κ2) is 5.34. The van der Waals surface area contributed by atoms with Crippen LogP contribution >= 0.6 is 12.4 Å². The summed E-state index contributed by atoms with van der Waals surface area (Å²) < 4.78 is 23.3. The van der Waals surface area contributed by atoms with Gasteiger partial charge in [0.1, 0.15) is 0 Å². The van der Waals surface area contributed by atoms with Crippen LogP contribution in [-0.4, -0.2) is 14.7 Å². The molecule has 90 valence electrons. The Bertz CT molecular complexity index is 592. The summed E-state index contributed by atoms with van der Waals surface area (Å²) >= 11 is 0. The van der Waals surface area contributed by atoms with E-state index in [-0.39, 0.29) is 12.4 Å². The van der Waals surface area contributed by atoms with Crippen LogP contribution in [0.1, 0.15) is 0 Å². The molecule has 2 rings (SSSR count). The van der Waals surface area contributed by atoms with Gasteiger partial charge in [0.25, 0.3) is 0 Å². The minimum absolute atomic E-state index is 0.